The molecule has 0 radical (unpaired) electrons. The molecule has 0 bridgehead atoms. The van der Waals surface area contributed by atoms with Crippen LogP contribution in [0.25, 0.3) is 0 Å². The summed E-state index contributed by atoms with van der Waals surface area (Å²) in [7, 11) is 2.19. The number of hydrogen-bond donors (Lipinski definition) is 0. The minimum absolute atomic E-state index is 0.667. The molecule has 0 fully saturated rings. The van der Waals surface area contributed by atoms with Gasteiger partial charge in [-0.25, -0.2) is 0 Å². The number of likely N-dealkylation sites (N-methyl/N-ethyl adjacent to an activating group) is 2. The van der Waals surface area contributed by atoms with Gasteiger partial charge in [0.05, 0.1) is 0 Å². The van der Waals surface area contributed by atoms with E-state index in [0.29, 0.717) is 6.04 Å². The molecule has 0 spiro atoms. The Kier molecular flexibility index (Phi) is 23.0. The zero-order chi connectivity index (χ0) is 13.6. The van der Waals surface area contributed by atoms with Crippen molar-refractivity contribution in [3.63, 3.8) is 0 Å². The maximum Gasteiger partial charge on any atom is 0.0109 e. The van der Waals surface area contributed by atoms with Gasteiger partial charge in [0.2, 0.25) is 0 Å². The molecule has 0 rings (SSSR count). The van der Waals surface area contributed by atoms with E-state index in [4.69, 9.17) is 0 Å². The molecule has 0 unspecified atom stereocenters. The summed E-state index contributed by atoms with van der Waals surface area (Å²) in [4.78, 5) is 4.84. The lowest BCUT2D eigenvalue weighted by molar-refractivity contribution is 0.213. The van der Waals surface area contributed by atoms with Gasteiger partial charge < -0.3 is 9.80 Å². The molecule has 2 heteroatoms. The summed E-state index contributed by atoms with van der Waals surface area (Å²) in [6, 6.07) is 0.667. The highest BCUT2D eigenvalue weighted by Crippen LogP contribution is 1.94. The number of rotatable bonds is 6. The summed E-state index contributed by atoms with van der Waals surface area (Å²) in [5, 5.41) is 0. The fourth-order valence-electron chi connectivity index (χ4n) is 1.10. The Morgan fingerprint density at radius 3 is 1.44 bits per heavy atom. The number of nitrogens with zero attached hydrogens (tertiary/aromatic N) is 2. The monoisotopic (exact) mass is 232 g/mol. The van der Waals surface area contributed by atoms with E-state index < -0.39 is 0 Å². The van der Waals surface area contributed by atoms with E-state index in [1.807, 2.05) is 27.7 Å². The van der Waals surface area contributed by atoms with Gasteiger partial charge in [-0.05, 0) is 34.0 Å². The van der Waals surface area contributed by atoms with E-state index in [1.165, 1.54) is 26.2 Å². The average Bonchev–Trinajstić information content (AvgIpc) is 2.35. The predicted molar refractivity (Wildman–Crippen MR) is 78.3 cm³/mol. The Morgan fingerprint density at radius 2 is 1.19 bits per heavy atom. The Morgan fingerprint density at radius 1 is 0.812 bits per heavy atom. The van der Waals surface area contributed by atoms with Crippen LogP contribution in [0, 0.1) is 0 Å². The van der Waals surface area contributed by atoms with Crippen molar-refractivity contribution in [1.82, 2.24) is 9.80 Å². The summed E-state index contributed by atoms with van der Waals surface area (Å²) in [5.41, 5.74) is 0. The van der Waals surface area contributed by atoms with Crippen LogP contribution >= 0.6 is 0 Å². The normalized spacial score (nSPS) is 9.75. The van der Waals surface area contributed by atoms with Crippen molar-refractivity contribution in [3.8, 4) is 0 Å². The first-order valence-corrected chi connectivity index (χ1v) is 7.04. The van der Waals surface area contributed by atoms with E-state index in [9.17, 15) is 0 Å². The molecule has 0 heterocycles. The van der Waals surface area contributed by atoms with Gasteiger partial charge in [-0.15, -0.1) is 0 Å². The second kappa shape index (κ2) is 17.3. The molecule has 16 heavy (non-hydrogen) atoms. The molecule has 0 atom stereocenters. The fraction of sp³-hybridized carbons (Fsp3) is 1.00. The van der Waals surface area contributed by atoms with E-state index in [1.54, 1.807) is 0 Å². The third-order valence-corrected chi connectivity index (χ3v) is 2.54. The molecule has 0 aromatic heterocycles. The molecule has 2 nitrogen and oxygen atoms in total. The SMILES string of the molecule is CC.CC.CCN(CC)CCN(C)C(C)C. The van der Waals surface area contributed by atoms with Gasteiger partial charge in [0.15, 0.2) is 0 Å². The van der Waals surface area contributed by atoms with E-state index >= 15 is 0 Å². The van der Waals surface area contributed by atoms with Gasteiger partial charge >= 0.3 is 0 Å². The van der Waals surface area contributed by atoms with Gasteiger partial charge in [0.1, 0.15) is 0 Å². The molecule has 0 saturated carbocycles. The van der Waals surface area contributed by atoms with Crippen LogP contribution in [0.1, 0.15) is 55.4 Å². The minimum Gasteiger partial charge on any atom is -0.303 e. The summed E-state index contributed by atoms with van der Waals surface area (Å²) in [6.45, 7) is 21.6. The first-order valence-electron chi connectivity index (χ1n) is 7.04. The van der Waals surface area contributed by atoms with Gasteiger partial charge in [-0.2, -0.15) is 0 Å². The van der Waals surface area contributed by atoms with Crippen molar-refractivity contribution < 1.29 is 0 Å². The van der Waals surface area contributed by atoms with Gasteiger partial charge in [-0.3, -0.25) is 0 Å². The number of hydrogen-bond acceptors (Lipinski definition) is 2. The molecule has 0 aliphatic carbocycles. The van der Waals surface area contributed by atoms with Crippen molar-refractivity contribution in [2.75, 3.05) is 33.2 Å². The maximum atomic E-state index is 2.46. The molecule has 0 amide bonds. The van der Waals surface area contributed by atoms with Gasteiger partial charge in [-0.1, -0.05) is 41.5 Å². The van der Waals surface area contributed by atoms with Crippen molar-refractivity contribution in [2.45, 2.75) is 61.4 Å². The van der Waals surface area contributed by atoms with E-state index in [0.717, 1.165) is 0 Å². The van der Waals surface area contributed by atoms with E-state index in [-0.39, 0.29) is 0 Å². The van der Waals surface area contributed by atoms with Crippen molar-refractivity contribution >= 4 is 0 Å². The quantitative estimate of drug-likeness (QED) is 0.688. The Balaban J connectivity index is -0.000000376. The lowest BCUT2D eigenvalue weighted by atomic mass is 10.3. The predicted octanol–water partition coefficient (Wildman–Crippen LogP) is 3.72. The van der Waals surface area contributed by atoms with Crippen LogP contribution in [-0.2, 0) is 0 Å². The second-order valence-corrected chi connectivity index (χ2v) is 3.60. The molecule has 0 N–H and O–H groups in total. The van der Waals surface area contributed by atoms with Crippen LogP contribution < -0.4 is 0 Å². The average molecular weight is 232 g/mol. The van der Waals surface area contributed by atoms with E-state index in [2.05, 4.69) is 44.5 Å². The van der Waals surface area contributed by atoms with Crippen LogP contribution in [0.5, 0.6) is 0 Å². The first-order chi connectivity index (χ1) is 7.61. The summed E-state index contributed by atoms with van der Waals surface area (Å²) in [6.07, 6.45) is 0. The van der Waals surface area contributed by atoms with Crippen LogP contribution in [0.4, 0.5) is 0 Å². The Bertz CT molecular complexity index is 96.9. The lowest BCUT2D eigenvalue weighted by Crippen LogP contribution is -2.36. The van der Waals surface area contributed by atoms with Gasteiger partial charge in [0.25, 0.3) is 0 Å². The van der Waals surface area contributed by atoms with Crippen LogP contribution in [0.15, 0.2) is 0 Å². The van der Waals surface area contributed by atoms with Gasteiger partial charge in [0, 0.05) is 19.1 Å². The third kappa shape index (κ3) is 13.9. The van der Waals surface area contributed by atoms with Crippen molar-refractivity contribution in [1.29, 1.82) is 0 Å². The minimum atomic E-state index is 0.667. The Hall–Kier alpha value is -0.0800. The summed E-state index contributed by atoms with van der Waals surface area (Å²) in [5.74, 6) is 0. The maximum absolute atomic E-state index is 2.46. The largest absolute Gasteiger partial charge is 0.303 e. The molecule has 0 saturated heterocycles. The smallest absolute Gasteiger partial charge is 0.0109 e. The van der Waals surface area contributed by atoms with Crippen LogP contribution in [-0.4, -0.2) is 49.1 Å². The first kappa shape index (κ1) is 21.2. The van der Waals surface area contributed by atoms with Crippen LogP contribution in [0.2, 0.25) is 0 Å². The molecule has 0 aromatic carbocycles. The highest BCUT2D eigenvalue weighted by Gasteiger charge is 2.04. The zero-order valence-corrected chi connectivity index (χ0v) is 13.3. The van der Waals surface area contributed by atoms with Crippen molar-refractivity contribution in [2.24, 2.45) is 0 Å². The van der Waals surface area contributed by atoms with Crippen molar-refractivity contribution in [3.05, 3.63) is 0 Å². The molecule has 0 aliphatic rings. The van der Waals surface area contributed by atoms with Crippen LogP contribution in [0.3, 0.4) is 0 Å². The Labute approximate surface area is 105 Å². The molecular formula is C14H36N2. The topological polar surface area (TPSA) is 6.48 Å². The molecular weight excluding hydrogens is 196 g/mol. The third-order valence-electron chi connectivity index (χ3n) is 2.54. The summed E-state index contributed by atoms with van der Waals surface area (Å²) >= 11 is 0. The highest BCUT2D eigenvalue weighted by atomic mass is 15.2. The second-order valence-electron chi connectivity index (χ2n) is 3.60. The molecule has 0 aromatic rings. The molecule has 102 valence electrons. The zero-order valence-electron chi connectivity index (χ0n) is 13.3. The standard InChI is InChI=1S/C10H24N2.2C2H6/c1-6-12(7-2)9-8-11(5)10(3)4;2*1-2/h10H,6-9H2,1-5H3;2*1-2H3. The highest BCUT2D eigenvalue weighted by molar-refractivity contribution is 4.60. The lowest BCUT2D eigenvalue weighted by Gasteiger charge is -2.25. The summed E-state index contributed by atoms with van der Waals surface area (Å²) < 4.78 is 0. The molecule has 0 aliphatic heterocycles. The fourth-order valence-corrected chi connectivity index (χ4v) is 1.10.